The van der Waals surface area contributed by atoms with Gasteiger partial charge in [0.1, 0.15) is 18.1 Å². The molecule has 1 unspecified atom stereocenters. The van der Waals surface area contributed by atoms with Crippen molar-refractivity contribution in [2.24, 2.45) is 0 Å². The van der Waals surface area contributed by atoms with Crippen LogP contribution >= 0.6 is 0 Å². The van der Waals surface area contributed by atoms with Crippen LogP contribution in [0.3, 0.4) is 0 Å². The molecule has 104 valence electrons. The first-order valence-electron chi connectivity index (χ1n) is 7.06. The van der Waals surface area contributed by atoms with E-state index in [4.69, 9.17) is 9.15 Å². The highest BCUT2D eigenvalue weighted by molar-refractivity contribution is 5.10. The van der Waals surface area contributed by atoms with E-state index in [2.05, 4.69) is 18.3 Å². The average Bonchev–Trinajstić information content (AvgIpc) is 2.83. The van der Waals surface area contributed by atoms with Crippen LogP contribution in [0.25, 0.3) is 0 Å². The van der Waals surface area contributed by atoms with Crippen LogP contribution in [0.5, 0.6) is 0 Å². The van der Waals surface area contributed by atoms with Crippen molar-refractivity contribution < 1.29 is 9.15 Å². The van der Waals surface area contributed by atoms with Crippen molar-refractivity contribution in [3.05, 3.63) is 23.7 Å². The van der Waals surface area contributed by atoms with Crippen LogP contribution in [0.2, 0.25) is 0 Å². The highest BCUT2D eigenvalue weighted by Gasteiger charge is 2.13. The number of rotatable bonds is 10. The van der Waals surface area contributed by atoms with E-state index in [1.54, 1.807) is 7.11 Å². The maximum absolute atomic E-state index is 5.77. The first kappa shape index (κ1) is 15.3. The van der Waals surface area contributed by atoms with E-state index in [0.29, 0.717) is 12.6 Å². The van der Waals surface area contributed by atoms with E-state index in [-0.39, 0.29) is 0 Å². The molecule has 0 aliphatic carbocycles. The average molecular weight is 253 g/mol. The van der Waals surface area contributed by atoms with Crippen molar-refractivity contribution in [1.82, 2.24) is 5.32 Å². The Morgan fingerprint density at radius 3 is 2.67 bits per heavy atom. The molecule has 1 aromatic heterocycles. The molecule has 0 aliphatic rings. The standard InChI is InChI=1S/C15H27NO2/c1-4-5-6-7-8-9-14(16-2)15-11-10-13(18-15)12-17-3/h10-11,14,16H,4-9,12H2,1-3H3. The fourth-order valence-corrected chi connectivity index (χ4v) is 2.18. The molecule has 1 N–H and O–H groups in total. The van der Waals surface area contributed by atoms with Crippen LogP contribution in [0, 0.1) is 0 Å². The third-order valence-corrected chi connectivity index (χ3v) is 3.26. The van der Waals surface area contributed by atoms with Crippen molar-refractivity contribution in [3.63, 3.8) is 0 Å². The molecule has 0 amide bonds. The Kier molecular flexibility index (Phi) is 7.78. The summed E-state index contributed by atoms with van der Waals surface area (Å²) in [4.78, 5) is 0. The minimum atomic E-state index is 0.331. The molecule has 0 aliphatic heterocycles. The van der Waals surface area contributed by atoms with Gasteiger partial charge in [0.25, 0.3) is 0 Å². The summed E-state index contributed by atoms with van der Waals surface area (Å²) in [5, 5.41) is 3.33. The maximum atomic E-state index is 5.77. The van der Waals surface area contributed by atoms with Gasteiger partial charge in [-0.05, 0) is 25.6 Å². The van der Waals surface area contributed by atoms with Crippen LogP contribution in [-0.2, 0) is 11.3 Å². The molecule has 0 aromatic carbocycles. The van der Waals surface area contributed by atoms with Crippen molar-refractivity contribution in [3.8, 4) is 0 Å². The number of nitrogens with one attached hydrogen (secondary N) is 1. The number of ether oxygens (including phenoxy) is 1. The first-order chi connectivity index (χ1) is 8.81. The zero-order valence-electron chi connectivity index (χ0n) is 12.0. The van der Waals surface area contributed by atoms with Crippen LogP contribution in [-0.4, -0.2) is 14.2 Å². The fourth-order valence-electron chi connectivity index (χ4n) is 2.18. The van der Waals surface area contributed by atoms with Crippen molar-refractivity contribution >= 4 is 0 Å². The SMILES string of the molecule is CCCCCCCC(NC)c1ccc(COC)o1. The number of furan rings is 1. The molecule has 0 bridgehead atoms. The molecule has 0 saturated carbocycles. The highest BCUT2D eigenvalue weighted by Crippen LogP contribution is 2.22. The van der Waals surface area contributed by atoms with Crippen LogP contribution < -0.4 is 5.32 Å². The summed E-state index contributed by atoms with van der Waals surface area (Å²) in [7, 11) is 3.68. The predicted molar refractivity (Wildman–Crippen MR) is 74.6 cm³/mol. The van der Waals surface area contributed by atoms with Gasteiger partial charge in [-0.2, -0.15) is 0 Å². The second kappa shape index (κ2) is 9.17. The zero-order chi connectivity index (χ0) is 13.2. The summed E-state index contributed by atoms with van der Waals surface area (Å²) in [6.45, 7) is 2.80. The van der Waals surface area contributed by atoms with Gasteiger partial charge in [0, 0.05) is 7.11 Å². The lowest BCUT2D eigenvalue weighted by molar-refractivity contribution is 0.161. The topological polar surface area (TPSA) is 34.4 Å². The summed E-state index contributed by atoms with van der Waals surface area (Å²) >= 11 is 0. The Hall–Kier alpha value is -0.800. The zero-order valence-corrected chi connectivity index (χ0v) is 12.0. The van der Waals surface area contributed by atoms with E-state index >= 15 is 0 Å². The lowest BCUT2D eigenvalue weighted by atomic mass is 10.0. The molecule has 1 heterocycles. The fraction of sp³-hybridized carbons (Fsp3) is 0.733. The molecule has 0 fully saturated rings. The second-order valence-corrected chi connectivity index (χ2v) is 4.78. The van der Waals surface area contributed by atoms with Crippen molar-refractivity contribution in [1.29, 1.82) is 0 Å². The normalized spacial score (nSPS) is 12.8. The van der Waals surface area contributed by atoms with E-state index in [9.17, 15) is 0 Å². The monoisotopic (exact) mass is 253 g/mol. The van der Waals surface area contributed by atoms with Gasteiger partial charge >= 0.3 is 0 Å². The number of unbranched alkanes of at least 4 members (excludes halogenated alkanes) is 4. The summed E-state index contributed by atoms with van der Waals surface area (Å²) in [6, 6.07) is 4.39. The number of methoxy groups -OCH3 is 1. The number of hydrogen-bond acceptors (Lipinski definition) is 3. The van der Waals surface area contributed by atoms with E-state index in [0.717, 1.165) is 17.9 Å². The third-order valence-electron chi connectivity index (χ3n) is 3.26. The minimum Gasteiger partial charge on any atom is -0.462 e. The molecule has 18 heavy (non-hydrogen) atoms. The molecular formula is C15H27NO2. The van der Waals surface area contributed by atoms with Crippen LogP contribution in [0.4, 0.5) is 0 Å². The van der Waals surface area contributed by atoms with E-state index in [1.165, 1.54) is 32.1 Å². The molecule has 1 aromatic rings. The molecular weight excluding hydrogens is 226 g/mol. The largest absolute Gasteiger partial charge is 0.462 e. The van der Waals surface area contributed by atoms with Gasteiger partial charge in [0.2, 0.25) is 0 Å². The van der Waals surface area contributed by atoms with Gasteiger partial charge in [-0.25, -0.2) is 0 Å². The summed E-state index contributed by atoms with van der Waals surface area (Å²) in [6.07, 6.45) is 7.71. The van der Waals surface area contributed by atoms with Gasteiger partial charge in [-0.3, -0.25) is 0 Å². The molecule has 3 heteroatoms. The molecule has 0 saturated heterocycles. The summed E-state index contributed by atoms with van der Waals surface area (Å²) in [5.74, 6) is 1.93. The molecule has 1 atom stereocenters. The quantitative estimate of drug-likeness (QED) is 0.639. The highest BCUT2D eigenvalue weighted by atomic mass is 16.5. The third kappa shape index (κ3) is 5.23. The van der Waals surface area contributed by atoms with E-state index in [1.807, 2.05) is 13.1 Å². The summed E-state index contributed by atoms with van der Waals surface area (Å²) < 4.78 is 10.8. The predicted octanol–water partition coefficient (Wildman–Crippen LogP) is 4.05. The smallest absolute Gasteiger partial charge is 0.129 e. The van der Waals surface area contributed by atoms with Crippen LogP contribution in [0.15, 0.2) is 16.5 Å². The van der Waals surface area contributed by atoms with Crippen molar-refractivity contribution in [2.45, 2.75) is 58.1 Å². The van der Waals surface area contributed by atoms with Gasteiger partial charge in [-0.15, -0.1) is 0 Å². The van der Waals surface area contributed by atoms with Gasteiger partial charge in [0.05, 0.1) is 6.04 Å². The Morgan fingerprint density at radius 1 is 1.22 bits per heavy atom. The first-order valence-corrected chi connectivity index (χ1v) is 7.06. The van der Waals surface area contributed by atoms with Crippen molar-refractivity contribution in [2.75, 3.05) is 14.2 Å². The van der Waals surface area contributed by atoms with Crippen LogP contribution in [0.1, 0.15) is 63.0 Å². The van der Waals surface area contributed by atoms with E-state index < -0.39 is 0 Å². The lowest BCUT2D eigenvalue weighted by Crippen LogP contribution is -2.15. The Balaban J connectivity index is 2.34. The molecule has 0 spiro atoms. The Morgan fingerprint density at radius 2 is 2.00 bits per heavy atom. The maximum Gasteiger partial charge on any atom is 0.129 e. The lowest BCUT2D eigenvalue weighted by Gasteiger charge is -2.13. The summed E-state index contributed by atoms with van der Waals surface area (Å²) in [5.41, 5.74) is 0. The Bertz CT molecular complexity index is 309. The number of hydrogen-bond donors (Lipinski definition) is 1. The second-order valence-electron chi connectivity index (χ2n) is 4.78. The molecule has 1 rings (SSSR count). The van der Waals surface area contributed by atoms with Gasteiger partial charge in [-0.1, -0.05) is 39.0 Å². The molecule has 0 radical (unpaired) electrons. The minimum absolute atomic E-state index is 0.331. The molecule has 3 nitrogen and oxygen atoms in total. The Labute approximate surface area is 111 Å². The van der Waals surface area contributed by atoms with Gasteiger partial charge in [0.15, 0.2) is 0 Å². The van der Waals surface area contributed by atoms with Gasteiger partial charge < -0.3 is 14.5 Å².